The van der Waals surface area contributed by atoms with E-state index in [1.54, 1.807) is 25.3 Å². The molecule has 3 nitrogen and oxygen atoms in total. The van der Waals surface area contributed by atoms with Gasteiger partial charge in [-0.3, -0.25) is 4.79 Å². The van der Waals surface area contributed by atoms with Gasteiger partial charge in [0, 0.05) is 9.72 Å². The predicted octanol–water partition coefficient (Wildman–Crippen LogP) is 5.12. The highest BCUT2D eigenvalue weighted by molar-refractivity contribution is 7.21. The van der Waals surface area contributed by atoms with Gasteiger partial charge in [0.15, 0.2) is 0 Å². The van der Waals surface area contributed by atoms with Crippen molar-refractivity contribution in [3.05, 3.63) is 57.9 Å². The van der Waals surface area contributed by atoms with E-state index in [9.17, 15) is 4.79 Å². The minimum Gasteiger partial charge on any atom is -0.495 e. The molecular weight excluding hydrogens is 318 g/mol. The molecule has 1 aromatic heterocycles. The van der Waals surface area contributed by atoms with Crippen LogP contribution in [-0.4, -0.2) is 13.0 Å². The number of carbonyl (C=O) groups excluding carboxylic acids is 1. The normalized spacial score (nSPS) is 10.7. The van der Waals surface area contributed by atoms with E-state index in [0.29, 0.717) is 21.3 Å². The highest BCUT2D eigenvalue weighted by Gasteiger charge is 2.17. The van der Waals surface area contributed by atoms with Gasteiger partial charge < -0.3 is 10.1 Å². The zero-order valence-corrected chi connectivity index (χ0v) is 13.7. The van der Waals surface area contributed by atoms with Crippen molar-refractivity contribution < 1.29 is 9.53 Å². The quantitative estimate of drug-likeness (QED) is 0.723. The minimum absolute atomic E-state index is 0.153. The summed E-state index contributed by atoms with van der Waals surface area (Å²) in [6, 6.07) is 13.1. The Morgan fingerprint density at radius 3 is 2.73 bits per heavy atom. The van der Waals surface area contributed by atoms with Gasteiger partial charge >= 0.3 is 0 Å². The first-order valence-electron chi connectivity index (χ1n) is 6.73. The highest BCUT2D eigenvalue weighted by atomic mass is 35.5. The standard InChI is InChI=1S/C17H14ClNO2S/c1-10-12-5-3-4-6-15(12)22-16(10)17(20)19-13-9-11(18)7-8-14(13)21-2/h3-9H,1-2H3,(H,19,20). The van der Waals surface area contributed by atoms with Crippen LogP contribution in [0.1, 0.15) is 15.2 Å². The first-order valence-corrected chi connectivity index (χ1v) is 7.92. The molecule has 0 saturated heterocycles. The SMILES string of the molecule is COc1ccc(Cl)cc1NC(=O)c1sc2ccccc2c1C. The molecule has 22 heavy (non-hydrogen) atoms. The number of halogens is 1. The Balaban J connectivity index is 1.97. The highest BCUT2D eigenvalue weighted by Crippen LogP contribution is 2.33. The Bertz CT molecular complexity index is 857. The van der Waals surface area contributed by atoms with E-state index in [4.69, 9.17) is 16.3 Å². The number of thiophene rings is 1. The van der Waals surface area contributed by atoms with Crippen molar-refractivity contribution in [1.29, 1.82) is 0 Å². The Morgan fingerprint density at radius 1 is 1.23 bits per heavy atom. The Kier molecular flexibility index (Phi) is 4.05. The van der Waals surface area contributed by atoms with Crippen LogP contribution in [0.2, 0.25) is 5.02 Å². The smallest absolute Gasteiger partial charge is 0.266 e. The summed E-state index contributed by atoms with van der Waals surface area (Å²) in [5.41, 5.74) is 1.55. The van der Waals surface area contributed by atoms with Gasteiger partial charge in [-0.25, -0.2) is 0 Å². The number of rotatable bonds is 3. The van der Waals surface area contributed by atoms with Crippen molar-refractivity contribution in [3.63, 3.8) is 0 Å². The molecule has 2 aromatic carbocycles. The molecule has 3 rings (SSSR count). The molecular formula is C17H14ClNO2S. The molecule has 0 fully saturated rings. The zero-order valence-electron chi connectivity index (χ0n) is 12.1. The molecule has 1 heterocycles. The van der Waals surface area contributed by atoms with Crippen molar-refractivity contribution in [1.82, 2.24) is 0 Å². The lowest BCUT2D eigenvalue weighted by atomic mass is 10.1. The molecule has 1 N–H and O–H groups in total. The van der Waals surface area contributed by atoms with Crippen LogP contribution in [0.5, 0.6) is 5.75 Å². The maximum absolute atomic E-state index is 12.6. The van der Waals surface area contributed by atoms with E-state index in [2.05, 4.69) is 5.32 Å². The van der Waals surface area contributed by atoms with Gasteiger partial charge in [0.25, 0.3) is 5.91 Å². The molecule has 0 unspecified atom stereocenters. The predicted molar refractivity (Wildman–Crippen MR) is 92.5 cm³/mol. The molecule has 1 amide bonds. The Morgan fingerprint density at radius 2 is 2.00 bits per heavy atom. The van der Waals surface area contributed by atoms with E-state index in [-0.39, 0.29) is 5.91 Å². The van der Waals surface area contributed by atoms with Crippen LogP contribution in [0, 0.1) is 6.92 Å². The largest absolute Gasteiger partial charge is 0.495 e. The third-order valence-electron chi connectivity index (χ3n) is 3.46. The van der Waals surface area contributed by atoms with Crippen molar-refractivity contribution in [2.75, 3.05) is 12.4 Å². The van der Waals surface area contributed by atoms with Crippen LogP contribution >= 0.6 is 22.9 Å². The van der Waals surface area contributed by atoms with Crippen LogP contribution in [0.25, 0.3) is 10.1 Å². The molecule has 0 radical (unpaired) electrons. The number of anilines is 1. The molecule has 0 saturated carbocycles. The average Bonchev–Trinajstić information content (AvgIpc) is 2.85. The molecule has 0 bridgehead atoms. The number of fused-ring (bicyclic) bond motifs is 1. The fourth-order valence-electron chi connectivity index (χ4n) is 2.35. The van der Waals surface area contributed by atoms with Gasteiger partial charge in [-0.15, -0.1) is 11.3 Å². The van der Waals surface area contributed by atoms with Crippen molar-refractivity contribution in [2.45, 2.75) is 6.92 Å². The molecule has 0 aliphatic heterocycles. The lowest BCUT2D eigenvalue weighted by Crippen LogP contribution is -2.12. The number of methoxy groups -OCH3 is 1. The third kappa shape index (κ3) is 2.67. The van der Waals surface area contributed by atoms with Gasteiger partial charge in [0.2, 0.25) is 0 Å². The topological polar surface area (TPSA) is 38.3 Å². The van der Waals surface area contributed by atoms with E-state index in [0.717, 1.165) is 15.6 Å². The average molecular weight is 332 g/mol. The lowest BCUT2D eigenvalue weighted by Gasteiger charge is -2.10. The summed E-state index contributed by atoms with van der Waals surface area (Å²) in [7, 11) is 1.56. The number of ether oxygens (including phenoxy) is 1. The summed E-state index contributed by atoms with van der Waals surface area (Å²) in [5, 5.41) is 4.54. The first kappa shape index (κ1) is 14.9. The van der Waals surface area contributed by atoms with Crippen molar-refractivity contribution in [3.8, 4) is 5.75 Å². The second-order valence-corrected chi connectivity index (χ2v) is 6.34. The van der Waals surface area contributed by atoms with Crippen LogP contribution in [0.4, 0.5) is 5.69 Å². The summed E-state index contributed by atoms with van der Waals surface area (Å²) in [4.78, 5) is 13.3. The number of carbonyl (C=O) groups is 1. The lowest BCUT2D eigenvalue weighted by molar-refractivity contribution is 0.102. The fraction of sp³-hybridized carbons (Fsp3) is 0.118. The number of hydrogen-bond acceptors (Lipinski definition) is 3. The Hall–Kier alpha value is -2.04. The second-order valence-electron chi connectivity index (χ2n) is 4.85. The fourth-order valence-corrected chi connectivity index (χ4v) is 3.62. The number of nitrogens with one attached hydrogen (secondary N) is 1. The maximum Gasteiger partial charge on any atom is 0.266 e. The van der Waals surface area contributed by atoms with Crippen molar-refractivity contribution >= 4 is 44.6 Å². The van der Waals surface area contributed by atoms with Gasteiger partial charge in [0.1, 0.15) is 5.75 Å². The number of hydrogen-bond donors (Lipinski definition) is 1. The number of amides is 1. The summed E-state index contributed by atoms with van der Waals surface area (Å²) >= 11 is 7.48. The van der Waals surface area contributed by atoms with E-state index in [1.165, 1.54) is 11.3 Å². The molecule has 0 atom stereocenters. The van der Waals surface area contributed by atoms with Crippen LogP contribution in [-0.2, 0) is 0 Å². The molecule has 112 valence electrons. The summed E-state index contributed by atoms with van der Waals surface area (Å²) in [5.74, 6) is 0.427. The van der Waals surface area contributed by atoms with Gasteiger partial charge in [-0.2, -0.15) is 0 Å². The molecule has 3 aromatic rings. The van der Waals surface area contributed by atoms with Gasteiger partial charge in [0.05, 0.1) is 17.7 Å². The second kappa shape index (κ2) is 5.99. The van der Waals surface area contributed by atoms with E-state index in [1.807, 2.05) is 31.2 Å². The van der Waals surface area contributed by atoms with Gasteiger partial charge in [-0.1, -0.05) is 29.8 Å². The molecule has 0 aliphatic carbocycles. The van der Waals surface area contributed by atoms with Crippen molar-refractivity contribution in [2.24, 2.45) is 0 Å². The monoisotopic (exact) mass is 331 g/mol. The van der Waals surface area contributed by atoms with Crippen LogP contribution < -0.4 is 10.1 Å². The summed E-state index contributed by atoms with van der Waals surface area (Å²) in [6.45, 7) is 1.96. The minimum atomic E-state index is -0.153. The first-order chi connectivity index (χ1) is 10.6. The van der Waals surface area contributed by atoms with E-state index >= 15 is 0 Å². The molecule has 0 aliphatic rings. The maximum atomic E-state index is 12.6. The van der Waals surface area contributed by atoms with Crippen LogP contribution in [0.15, 0.2) is 42.5 Å². The molecule has 5 heteroatoms. The summed E-state index contributed by atoms with van der Waals surface area (Å²) in [6.07, 6.45) is 0. The van der Waals surface area contributed by atoms with E-state index < -0.39 is 0 Å². The molecule has 0 spiro atoms. The zero-order chi connectivity index (χ0) is 15.7. The summed E-state index contributed by atoms with van der Waals surface area (Å²) < 4.78 is 6.36. The third-order valence-corrected chi connectivity index (χ3v) is 4.97. The van der Waals surface area contributed by atoms with Gasteiger partial charge in [-0.05, 0) is 42.1 Å². The number of aryl methyl sites for hydroxylation is 1. The Labute approximate surface area is 137 Å². The van der Waals surface area contributed by atoms with Crippen LogP contribution in [0.3, 0.4) is 0 Å². The number of benzene rings is 2.